The third kappa shape index (κ3) is 3.02. The van der Waals surface area contributed by atoms with Crippen LogP contribution in [0.15, 0.2) is 17.6 Å². The molecule has 1 unspecified atom stereocenters. The summed E-state index contributed by atoms with van der Waals surface area (Å²) in [7, 11) is 0. The zero-order valence-corrected chi connectivity index (χ0v) is 13.2. The van der Waals surface area contributed by atoms with Gasteiger partial charge in [-0.3, -0.25) is 4.68 Å². The van der Waals surface area contributed by atoms with E-state index in [1.807, 2.05) is 4.68 Å². The highest BCUT2D eigenvalue weighted by Crippen LogP contribution is 2.33. The van der Waals surface area contributed by atoms with Crippen LogP contribution in [-0.2, 0) is 6.54 Å². The fourth-order valence-electron chi connectivity index (χ4n) is 2.19. The first-order valence-corrected chi connectivity index (χ1v) is 7.93. The number of halogens is 1. The van der Waals surface area contributed by atoms with Crippen LogP contribution in [-0.4, -0.2) is 16.3 Å². The molecule has 0 bridgehead atoms. The first-order chi connectivity index (χ1) is 9.19. The quantitative estimate of drug-likeness (QED) is 0.873. The molecule has 19 heavy (non-hydrogen) atoms. The van der Waals surface area contributed by atoms with Gasteiger partial charge in [-0.2, -0.15) is 5.10 Å². The summed E-state index contributed by atoms with van der Waals surface area (Å²) in [5, 5.41) is 10.8. The van der Waals surface area contributed by atoms with Crippen molar-refractivity contribution in [3.8, 4) is 0 Å². The van der Waals surface area contributed by atoms with Crippen LogP contribution < -0.4 is 5.32 Å². The molecule has 3 nitrogen and oxygen atoms in total. The molecule has 0 saturated carbocycles. The maximum atomic E-state index is 6.35. The summed E-state index contributed by atoms with van der Waals surface area (Å²) in [5.74, 6) is 0. The van der Waals surface area contributed by atoms with Crippen molar-refractivity contribution in [2.45, 2.75) is 39.8 Å². The van der Waals surface area contributed by atoms with Crippen molar-refractivity contribution >= 4 is 22.9 Å². The number of aromatic nitrogens is 2. The van der Waals surface area contributed by atoms with E-state index in [-0.39, 0.29) is 6.04 Å². The van der Waals surface area contributed by atoms with Gasteiger partial charge in [-0.25, -0.2) is 0 Å². The second-order valence-corrected chi connectivity index (χ2v) is 5.90. The molecule has 0 aliphatic heterocycles. The molecule has 0 fully saturated rings. The number of nitrogens with zero attached hydrogens (tertiary/aromatic N) is 2. The normalized spacial score (nSPS) is 12.8. The lowest BCUT2D eigenvalue weighted by atomic mass is 10.1. The second-order valence-electron chi connectivity index (χ2n) is 4.55. The Morgan fingerprint density at radius 3 is 2.84 bits per heavy atom. The van der Waals surface area contributed by atoms with Gasteiger partial charge in [0.2, 0.25) is 0 Å². The average Bonchev–Trinajstić information content (AvgIpc) is 2.98. The molecule has 0 saturated heterocycles. The lowest BCUT2D eigenvalue weighted by Crippen LogP contribution is -2.25. The van der Waals surface area contributed by atoms with E-state index in [1.54, 1.807) is 17.5 Å². The van der Waals surface area contributed by atoms with Gasteiger partial charge in [0.25, 0.3) is 0 Å². The number of rotatable bonds is 6. The Bertz CT molecular complexity index is 533. The van der Waals surface area contributed by atoms with Crippen molar-refractivity contribution in [2.75, 3.05) is 6.54 Å². The molecule has 0 aliphatic carbocycles. The van der Waals surface area contributed by atoms with Crippen LogP contribution in [0.2, 0.25) is 5.02 Å². The van der Waals surface area contributed by atoms with Crippen LogP contribution in [0, 0.1) is 6.92 Å². The van der Waals surface area contributed by atoms with Gasteiger partial charge in [0.15, 0.2) is 0 Å². The van der Waals surface area contributed by atoms with E-state index in [4.69, 9.17) is 11.6 Å². The maximum absolute atomic E-state index is 6.35. The standard InChI is InChI=1S/C14H20ClN3S/c1-4-7-16-12(14-10(3)6-8-19-14)13-11(15)9-17-18(13)5-2/h6,8-9,12,16H,4-5,7H2,1-3H3. The van der Waals surface area contributed by atoms with E-state index in [2.05, 4.69) is 42.6 Å². The van der Waals surface area contributed by atoms with E-state index in [0.29, 0.717) is 0 Å². The monoisotopic (exact) mass is 297 g/mol. The highest BCUT2D eigenvalue weighted by molar-refractivity contribution is 7.10. The van der Waals surface area contributed by atoms with E-state index in [0.717, 1.165) is 30.2 Å². The number of hydrogen-bond donors (Lipinski definition) is 1. The van der Waals surface area contributed by atoms with Gasteiger partial charge >= 0.3 is 0 Å². The van der Waals surface area contributed by atoms with Crippen LogP contribution >= 0.6 is 22.9 Å². The minimum absolute atomic E-state index is 0.134. The Kier molecular flexibility index (Phi) is 5.02. The number of thiophene rings is 1. The van der Waals surface area contributed by atoms with Crippen LogP contribution in [0.25, 0.3) is 0 Å². The minimum Gasteiger partial charge on any atom is -0.304 e. The topological polar surface area (TPSA) is 29.9 Å². The average molecular weight is 298 g/mol. The molecule has 2 heterocycles. The SMILES string of the molecule is CCCNC(c1sccc1C)c1c(Cl)cnn1CC. The Morgan fingerprint density at radius 2 is 2.26 bits per heavy atom. The molecule has 2 aromatic heterocycles. The van der Waals surface area contributed by atoms with Gasteiger partial charge in [0.05, 0.1) is 23.0 Å². The van der Waals surface area contributed by atoms with Crippen LogP contribution in [0.4, 0.5) is 0 Å². The third-order valence-electron chi connectivity index (χ3n) is 3.17. The van der Waals surface area contributed by atoms with Crippen molar-refractivity contribution in [1.29, 1.82) is 0 Å². The molecule has 0 amide bonds. The van der Waals surface area contributed by atoms with Crippen molar-refractivity contribution in [1.82, 2.24) is 15.1 Å². The highest BCUT2D eigenvalue weighted by Gasteiger charge is 2.23. The largest absolute Gasteiger partial charge is 0.304 e. The molecule has 0 aliphatic rings. The van der Waals surface area contributed by atoms with Crippen molar-refractivity contribution < 1.29 is 0 Å². The highest BCUT2D eigenvalue weighted by atomic mass is 35.5. The van der Waals surface area contributed by atoms with Crippen molar-refractivity contribution in [3.05, 3.63) is 38.8 Å². The summed E-state index contributed by atoms with van der Waals surface area (Å²) < 4.78 is 1.98. The van der Waals surface area contributed by atoms with E-state index >= 15 is 0 Å². The van der Waals surface area contributed by atoms with E-state index < -0.39 is 0 Å². The number of nitrogens with one attached hydrogen (secondary N) is 1. The molecule has 2 aromatic rings. The van der Waals surface area contributed by atoms with Crippen LogP contribution in [0.5, 0.6) is 0 Å². The lowest BCUT2D eigenvalue weighted by Gasteiger charge is -2.20. The molecule has 0 spiro atoms. The Labute approximate surface area is 123 Å². The number of aryl methyl sites for hydroxylation is 2. The lowest BCUT2D eigenvalue weighted by molar-refractivity contribution is 0.533. The zero-order chi connectivity index (χ0) is 13.8. The van der Waals surface area contributed by atoms with Gasteiger partial charge in [-0.05, 0) is 43.8 Å². The molecule has 1 atom stereocenters. The molecule has 0 aromatic carbocycles. The second kappa shape index (κ2) is 6.55. The van der Waals surface area contributed by atoms with Gasteiger partial charge < -0.3 is 5.32 Å². The molecule has 2 rings (SSSR count). The summed E-state index contributed by atoms with van der Waals surface area (Å²) in [6.45, 7) is 8.20. The summed E-state index contributed by atoms with van der Waals surface area (Å²) >= 11 is 8.12. The Balaban J connectivity index is 2.42. The Hall–Kier alpha value is -0.840. The van der Waals surface area contributed by atoms with Crippen LogP contribution in [0.3, 0.4) is 0 Å². The summed E-state index contributed by atoms with van der Waals surface area (Å²) in [5.41, 5.74) is 2.38. The van der Waals surface area contributed by atoms with Gasteiger partial charge in [-0.1, -0.05) is 18.5 Å². The van der Waals surface area contributed by atoms with E-state index in [1.165, 1.54) is 10.4 Å². The first-order valence-electron chi connectivity index (χ1n) is 6.67. The molecule has 104 valence electrons. The molecule has 0 radical (unpaired) electrons. The fourth-order valence-corrected chi connectivity index (χ4v) is 3.45. The van der Waals surface area contributed by atoms with Gasteiger partial charge in [0.1, 0.15) is 0 Å². The predicted molar refractivity (Wildman–Crippen MR) is 82.1 cm³/mol. The molecule has 5 heteroatoms. The van der Waals surface area contributed by atoms with Crippen LogP contribution in [0.1, 0.15) is 42.4 Å². The van der Waals surface area contributed by atoms with Gasteiger partial charge in [-0.15, -0.1) is 11.3 Å². The maximum Gasteiger partial charge on any atom is 0.0859 e. The summed E-state index contributed by atoms with van der Waals surface area (Å²) in [6.07, 6.45) is 2.84. The summed E-state index contributed by atoms with van der Waals surface area (Å²) in [6, 6.07) is 2.29. The van der Waals surface area contributed by atoms with E-state index in [9.17, 15) is 0 Å². The predicted octanol–water partition coefficient (Wildman–Crippen LogP) is 4.02. The first kappa shape index (κ1) is 14.6. The molecular formula is C14H20ClN3S. The minimum atomic E-state index is 0.134. The zero-order valence-electron chi connectivity index (χ0n) is 11.6. The molecular weight excluding hydrogens is 278 g/mol. The number of hydrogen-bond acceptors (Lipinski definition) is 3. The van der Waals surface area contributed by atoms with Gasteiger partial charge in [0, 0.05) is 11.4 Å². The summed E-state index contributed by atoms with van der Waals surface area (Å²) in [4.78, 5) is 1.32. The fraction of sp³-hybridized carbons (Fsp3) is 0.500. The molecule has 1 N–H and O–H groups in total. The Morgan fingerprint density at radius 1 is 1.47 bits per heavy atom. The third-order valence-corrected chi connectivity index (χ3v) is 4.54. The van der Waals surface area contributed by atoms with Crippen molar-refractivity contribution in [3.63, 3.8) is 0 Å². The van der Waals surface area contributed by atoms with Crippen molar-refractivity contribution in [2.24, 2.45) is 0 Å². The smallest absolute Gasteiger partial charge is 0.0859 e.